The van der Waals surface area contributed by atoms with E-state index < -0.39 is 0 Å². The van der Waals surface area contributed by atoms with Crippen molar-refractivity contribution >= 4 is 51.8 Å². The molecule has 1 fully saturated rings. The zero-order valence-corrected chi connectivity index (χ0v) is 17.2. The number of piperidine rings is 1. The molecule has 1 aliphatic heterocycles. The molecule has 0 spiro atoms. The molecular formula is C19H17ClN4O2S2. The summed E-state index contributed by atoms with van der Waals surface area (Å²) in [7, 11) is 0. The smallest absolute Gasteiger partial charge is 0.286 e. The number of aromatic nitrogens is 2. The minimum atomic E-state index is -0.312. The van der Waals surface area contributed by atoms with E-state index in [2.05, 4.69) is 15.5 Å². The van der Waals surface area contributed by atoms with Crippen molar-refractivity contribution in [3.05, 3.63) is 61.7 Å². The lowest BCUT2D eigenvalue weighted by molar-refractivity contribution is 0.0711. The van der Waals surface area contributed by atoms with Crippen LogP contribution in [0.5, 0.6) is 0 Å². The summed E-state index contributed by atoms with van der Waals surface area (Å²) in [4.78, 5) is 27.7. The van der Waals surface area contributed by atoms with Crippen molar-refractivity contribution in [2.24, 2.45) is 0 Å². The molecule has 2 aromatic heterocycles. The Labute approximate surface area is 175 Å². The number of hydrogen-bond donors (Lipinski definition) is 1. The van der Waals surface area contributed by atoms with E-state index in [1.165, 1.54) is 22.7 Å². The van der Waals surface area contributed by atoms with Crippen LogP contribution >= 0.6 is 34.3 Å². The fourth-order valence-corrected chi connectivity index (χ4v) is 4.91. The molecule has 4 rings (SSSR count). The summed E-state index contributed by atoms with van der Waals surface area (Å²) < 4.78 is 0. The minimum Gasteiger partial charge on any atom is -0.337 e. The van der Waals surface area contributed by atoms with Gasteiger partial charge in [-0.05, 0) is 42.5 Å². The summed E-state index contributed by atoms with van der Waals surface area (Å²) in [6.07, 6.45) is 1.84. The van der Waals surface area contributed by atoms with E-state index in [1.54, 1.807) is 24.3 Å². The number of nitrogens with zero attached hydrogens (tertiary/aromatic N) is 3. The SMILES string of the molecule is O=C(Nc1cccc(Cl)c1)c1nnc([C@H]2CCCN(C(=O)c3cccs3)C2)s1. The third-order valence-corrected chi connectivity index (χ3v) is 6.68. The van der Waals surface area contributed by atoms with Gasteiger partial charge in [0.15, 0.2) is 0 Å². The van der Waals surface area contributed by atoms with E-state index in [4.69, 9.17) is 11.6 Å². The summed E-state index contributed by atoms with van der Waals surface area (Å²) in [6, 6.07) is 10.7. The van der Waals surface area contributed by atoms with Crippen LogP contribution in [0, 0.1) is 0 Å². The molecule has 2 amide bonds. The molecular weight excluding hydrogens is 416 g/mol. The van der Waals surface area contributed by atoms with Crippen LogP contribution in [0.1, 0.15) is 43.2 Å². The normalized spacial score (nSPS) is 16.8. The molecule has 6 nitrogen and oxygen atoms in total. The molecule has 144 valence electrons. The summed E-state index contributed by atoms with van der Waals surface area (Å²) in [5, 5.41) is 14.6. The van der Waals surface area contributed by atoms with Crippen LogP contribution in [-0.2, 0) is 0 Å². The predicted octanol–water partition coefficient (Wildman–Crippen LogP) is 4.53. The molecule has 1 atom stereocenters. The second kappa shape index (κ2) is 8.38. The monoisotopic (exact) mass is 432 g/mol. The van der Waals surface area contributed by atoms with Gasteiger partial charge in [-0.15, -0.1) is 21.5 Å². The maximum absolute atomic E-state index is 12.6. The molecule has 1 N–H and O–H groups in total. The number of nitrogens with one attached hydrogen (secondary N) is 1. The number of anilines is 1. The fraction of sp³-hybridized carbons (Fsp3) is 0.263. The highest BCUT2D eigenvalue weighted by Gasteiger charge is 2.28. The Morgan fingerprint density at radius 2 is 2.11 bits per heavy atom. The Kier molecular flexibility index (Phi) is 5.70. The lowest BCUT2D eigenvalue weighted by atomic mass is 9.98. The van der Waals surface area contributed by atoms with Crippen LogP contribution in [0.15, 0.2) is 41.8 Å². The number of carbonyl (C=O) groups is 2. The number of halogens is 1. The van der Waals surface area contributed by atoms with Crippen molar-refractivity contribution < 1.29 is 9.59 Å². The molecule has 28 heavy (non-hydrogen) atoms. The average Bonchev–Trinajstić information content (AvgIpc) is 3.40. The zero-order valence-electron chi connectivity index (χ0n) is 14.8. The Balaban J connectivity index is 1.43. The number of thiophene rings is 1. The highest BCUT2D eigenvalue weighted by atomic mass is 35.5. The van der Waals surface area contributed by atoms with Crippen LogP contribution in [-0.4, -0.2) is 40.0 Å². The van der Waals surface area contributed by atoms with Gasteiger partial charge in [0.1, 0.15) is 5.01 Å². The molecule has 0 bridgehead atoms. The van der Waals surface area contributed by atoms with Crippen molar-refractivity contribution in [1.29, 1.82) is 0 Å². The van der Waals surface area contributed by atoms with Crippen molar-refractivity contribution in [2.75, 3.05) is 18.4 Å². The number of benzene rings is 1. The van der Waals surface area contributed by atoms with Gasteiger partial charge in [0, 0.05) is 29.7 Å². The average molecular weight is 433 g/mol. The van der Waals surface area contributed by atoms with Crippen molar-refractivity contribution in [3.63, 3.8) is 0 Å². The molecule has 3 aromatic rings. The molecule has 1 saturated heterocycles. The number of likely N-dealkylation sites (tertiary alicyclic amines) is 1. The quantitative estimate of drug-likeness (QED) is 0.657. The maximum atomic E-state index is 12.6. The van der Waals surface area contributed by atoms with Crippen molar-refractivity contribution in [3.8, 4) is 0 Å². The van der Waals surface area contributed by atoms with Gasteiger partial charge in [-0.25, -0.2) is 0 Å². The van der Waals surface area contributed by atoms with Gasteiger partial charge in [-0.2, -0.15) is 0 Å². The van der Waals surface area contributed by atoms with Crippen LogP contribution < -0.4 is 5.32 Å². The molecule has 0 radical (unpaired) electrons. The van der Waals surface area contributed by atoms with E-state index in [1.807, 2.05) is 22.4 Å². The Bertz CT molecular complexity index is 990. The summed E-state index contributed by atoms with van der Waals surface area (Å²) in [6.45, 7) is 1.34. The van der Waals surface area contributed by atoms with Crippen LogP contribution in [0.25, 0.3) is 0 Å². The van der Waals surface area contributed by atoms with Gasteiger partial charge < -0.3 is 10.2 Å². The van der Waals surface area contributed by atoms with Crippen LogP contribution in [0.2, 0.25) is 5.02 Å². The summed E-state index contributed by atoms with van der Waals surface area (Å²) >= 11 is 8.68. The van der Waals surface area contributed by atoms with Gasteiger partial charge >= 0.3 is 0 Å². The van der Waals surface area contributed by atoms with Gasteiger partial charge in [-0.1, -0.05) is 35.1 Å². The maximum Gasteiger partial charge on any atom is 0.286 e. The number of rotatable bonds is 4. The fourth-order valence-electron chi connectivity index (χ4n) is 3.16. The van der Waals surface area contributed by atoms with Gasteiger partial charge in [0.25, 0.3) is 11.8 Å². The zero-order chi connectivity index (χ0) is 19.5. The Morgan fingerprint density at radius 1 is 1.21 bits per heavy atom. The molecule has 9 heteroatoms. The number of amides is 2. The van der Waals surface area contributed by atoms with E-state index in [0.717, 1.165) is 29.3 Å². The first-order valence-electron chi connectivity index (χ1n) is 8.83. The molecule has 1 aromatic carbocycles. The van der Waals surface area contributed by atoms with Crippen molar-refractivity contribution in [2.45, 2.75) is 18.8 Å². The van der Waals surface area contributed by atoms with E-state index in [-0.39, 0.29) is 17.7 Å². The van der Waals surface area contributed by atoms with E-state index >= 15 is 0 Å². The summed E-state index contributed by atoms with van der Waals surface area (Å²) in [5.74, 6) is -0.153. The minimum absolute atomic E-state index is 0.0585. The Hall–Kier alpha value is -2.29. The van der Waals surface area contributed by atoms with Gasteiger partial charge in [0.2, 0.25) is 5.01 Å². The second-order valence-electron chi connectivity index (χ2n) is 6.48. The van der Waals surface area contributed by atoms with Crippen LogP contribution in [0.3, 0.4) is 0 Å². The molecule has 1 aliphatic rings. The first kappa shape index (κ1) is 19.0. The Morgan fingerprint density at radius 3 is 2.89 bits per heavy atom. The number of hydrogen-bond acceptors (Lipinski definition) is 6. The predicted molar refractivity (Wildman–Crippen MR) is 112 cm³/mol. The highest BCUT2D eigenvalue weighted by molar-refractivity contribution is 7.13. The topological polar surface area (TPSA) is 75.2 Å². The lowest BCUT2D eigenvalue weighted by Gasteiger charge is -2.31. The second-order valence-corrected chi connectivity index (χ2v) is 8.87. The molecule has 0 aliphatic carbocycles. The molecule has 0 saturated carbocycles. The third kappa shape index (κ3) is 4.24. The third-order valence-electron chi connectivity index (χ3n) is 4.51. The summed E-state index contributed by atoms with van der Waals surface area (Å²) in [5.41, 5.74) is 0.611. The van der Waals surface area contributed by atoms with Crippen LogP contribution in [0.4, 0.5) is 5.69 Å². The first-order chi connectivity index (χ1) is 13.6. The van der Waals surface area contributed by atoms with E-state index in [0.29, 0.717) is 22.3 Å². The number of carbonyl (C=O) groups excluding carboxylic acids is 2. The molecule has 3 heterocycles. The van der Waals surface area contributed by atoms with Gasteiger partial charge in [-0.3, -0.25) is 9.59 Å². The highest BCUT2D eigenvalue weighted by Crippen LogP contribution is 2.30. The molecule has 0 unspecified atom stereocenters. The van der Waals surface area contributed by atoms with E-state index in [9.17, 15) is 9.59 Å². The van der Waals surface area contributed by atoms with Gasteiger partial charge in [0.05, 0.1) is 4.88 Å². The lowest BCUT2D eigenvalue weighted by Crippen LogP contribution is -2.38. The largest absolute Gasteiger partial charge is 0.337 e. The first-order valence-corrected chi connectivity index (χ1v) is 10.9. The standard InChI is InChI=1S/C19H17ClN4O2S2/c20-13-5-1-6-14(10-13)21-16(25)18-23-22-17(28-18)12-4-2-8-24(11-12)19(26)15-7-3-9-27-15/h1,3,5-7,9-10,12H,2,4,8,11H2,(H,21,25)/t12-/m0/s1. The van der Waals surface area contributed by atoms with Crippen molar-refractivity contribution in [1.82, 2.24) is 15.1 Å².